The number of carboxylic acids is 1. The highest BCUT2D eigenvalue weighted by atomic mass is 16.4. The quantitative estimate of drug-likeness (QED) is 0.872. The van der Waals surface area contributed by atoms with Gasteiger partial charge in [-0.2, -0.15) is 0 Å². The Kier molecular flexibility index (Phi) is 3.08. The van der Waals surface area contributed by atoms with Gasteiger partial charge in [0.2, 0.25) is 0 Å². The van der Waals surface area contributed by atoms with Crippen molar-refractivity contribution < 1.29 is 9.90 Å². The maximum Gasteiger partial charge on any atom is 0.336 e. The summed E-state index contributed by atoms with van der Waals surface area (Å²) in [6, 6.07) is 8.88. The molecule has 1 fully saturated rings. The molecule has 2 N–H and O–H groups in total. The summed E-state index contributed by atoms with van der Waals surface area (Å²) < 4.78 is 0. The lowest BCUT2D eigenvalue weighted by molar-refractivity contribution is 0.0699. The van der Waals surface area contributed by atoms with E-state index in [4.69, 9.17) is 5.11 Å². The van der Waals surface area contributed by atoms with Crippen molar-refractivity contribution in [1.29, 1.82) is 0 Å². The fourth-order valence-electron chi connectivity index (χ4n) is 2.55. The summed E-state index contributed by atoms with van der Waals surface area (Å²) in [6.45, 7) is 3.17. The molecule has 1 aliphatic rings. The van der Waals surface area contributed by atoms with Crippen molar-refractivity contribution in [2.45, 2.75) is 26.2 Å². The molecular weight excluding hydrogens is 252 g/mol. The Balaban J connectivity index is 1.86. The molecule has 1 aromatic heterocycles. The largest absolute Gasteiger partial charge is 0.478 e. The van der Waals surface area contributed by atoms with Crippen LogP contribution < -0.4 is 5.32 Å². The van der Waals surface area contributed by atoms with Gasteiger partial charge in [0.1, 0.15) is 5.82 Å². The molecule has 104 valence electrons. The third kappa shape index (κ3) is 2.33. The van der Waals surface area contributed by atoms with Gasteiger partial charge in [0.05, 0.1) is 11.1 Å². The van der Waals surface area contributed by atoms with Gasteiger partial charge in [-0.05, 0) is 48.9 Å². The molecule has 0 radical (unpaired) electrons. The standard InChI is InChI=1S/C16H18N2O2/c1-2-16(8-9-16)10-17-14-7-6-11-12(15(19)20)4-3-5-13(11)18-14/h3-7H,2,8-10H2,1H3,(H,17,18)(H,19,20). The van der Waals surface area contributed by atoms with Crippen LogP contribution in [0.2, 0.25) is 0 Å². The molecule has 4 nitrogen and oxygen atoms in total. The van der Waals surface area contributed by atoms with Crippen molar-refractivity contribution in [1.82, 2.24) is 4.98 Å². The molecule has 2 aromatic rings. The highest BCUT2D eigenvalue weighted by Crippen LogP contribution is 2.48. The molecule has 0 saturated heterocycles. The van der Waals surface area contributed by atoms with E-state index < -0.39 is 5.97 Å². The van der Waals surface area contributed by atoms with Crippen LogP contribution in [-0.2, 0) is 0 Å². The smallest absolute Gasteiger partial charge is 0.336 e. The van der Waals surface area contributed by atoms with Crippen molar-refractivity contribution in [3.8, 4) is 0 Å². The fraction of sp³-hybridized carbons (Fsp3) is 0.375. The number of rotatable bonds is 5. The van der Waals surface area contributed by atoms with E-state index in [2.05, 4.69) is 17.2 Å². The van der Waals surface area contributed by atoms with Crippen molar-refractivity contribution >= 4 is 22.7 Å². The number of carbonyl (C=O) groups is 1. The number of nitrogens with zero attached hydrogens (tertiary/aromatic N) is 1. The van der Waals surface area contributed by atoms with Gasteiger partial charge in [0, 0.05) is 11.9 Å². The summed E-state index contributed by atoms with van der Waals surface area (Å²) in [4.78, 5) is 15.7. The zero-order valence-electron chi connectivity index (χ0n) is 11.5. The van der Waals surface area contributed by atoms with Crippen molar-refractivity contribution in [2.24, 2.45) is 5.41 Å². The van der Waals surface area contributed by atoms with Gasteiger partial charge in [-0.1, -0.05) is 13.0 Å². The van der Waals surface area contributed by atoms with Gasteiger partial charge in [0.25, 0.3) is 0 Å². The molecule has 3 rings (SSSR count). The third-order valence-electron chi connectivity index (χ3n) is 4.31. The fourth-order valence-corrected chi connectivity index (χ4v) is 2.55. The molecule has 20 heavy (non-hydrogen) atoms. The summed E-state index contributed by atoms with van der Waals surface area (Å²) in [5.41, 5.74) is 1.48. The van der Waals surface area contributed by atoms with Gasteiger partial charge in [-0.25, -0.2) is 9.78 Å². The van der Waals surface area contributed by atoms with E-state index >= 15 is 0 Å². The van der Waals surface area contributed by atoms with Crippen molar-refractivity contribution in [3.05, 3.63) is 35.9 Å². The van der Waals surface area contributed by atoms with Gasteiger partial charge < -0.3 is 10.4 Å². The zero-order valence-corrected chi connectivity index (χ0v) is 11.5. The van der Waals surface area contributed by atoms with Crippen LogP contribution in [0.25, 0.3) is 10.9 Å². The molecule has 1 saturated carbocycles. The third-order valence-corrected chi connectivity index (χ3v) is 4.31. The van der Waals surface area contributed by atoms with E-state index in [9.17, 15) is 4.79 Å². The number of carboxylic acid groups (broad SMARTS) is 1. The highest BCUT2D eigenvalue weighted by Gasteiger charge is 2.40. The second kappa shape index (κ2) is 4.78. The summed E-state index contributed by atoms with van der Waals surface area (Å²) in [7, 11) is 0. The average Bonchev–Trinajstić information content (AvgIpc) is 3.24. The van der Waals surface area contributed by atoms with E-state index in [0.717, 1.165) is 17.9 Å². The molecule has 4 heteroatoms. The van der Waals surface area contributed by atoms with Gasteiger partial charge in [-0.15, -0.1) is 0 Å². The minimum absolute atomic E-state index is 0.300. The molecule has 0 aliphatic heterocycles. The molecule has 1 heterocycles. The zero-order chi connectivity index (χ0) is 14.2. The molecule has 0 amide bonds. The molecule has 1 aliphatic carbocycles. The Morgan fingerprint density at radius 3 is 2.80 bits per heavy atom. The Labute approximate surface area is 117 Å². The number of aromatic carboxylic acids is 1. The number of benzene rings is 1. The van der Waals surface area contributed by atoms with Crippen LogP contribution in [0.4, 0.5) is 5.82 Å². The van der Waals surface area contributed by atoms with Crippen LogP contribution in [-0.4, -0.2) is 22.6 Å². The Bertz CT molecular complexity index is 663. The number of aromatic nitrogens is 1. The predicted molar refractivity (Wildman–Crippen MR) is 79.2 cm³/mol. The van der Waals surface area contributed by atoms with Crippen molar-refractivity contribution in [2.75, 3.05) is 11.9 Å². The first-order valence-corrected chi connectivity index (χ1v) is 7.00. The Morgan fingerprint density at radius 1 is 1.35 bits per heavy atom. The number of anilines is 1. The maximum absolute atomic E-state index is 11.2. The lowest BCUT2D eigenvalue weighted by Crippen LogP contribution is -2.15. The normalized spacial score (nSPS) is 16.1. The maximum atomic E-state index is 11.2. The van der Waals surface area contributed by atoms with Crippen LogP contribution in [0.1, 0.15) is 36.5 Å². The van der Waals surface area contributed by atoms with Crippen LogP contribution in [0.5, 0.6) is 0 Å². The lowest BCUT2D eigenvalue weighted by Gasteiger charge is -2.14. The van der Waals surface area contributed by atoms with E-state index in [0.29, 0.717) is 16.4 Å². The number of fused-ring (bicyclic) bond motifs is 1. The molecule has 1 aromatic carbocycles. The van der Waals surface area contributed by atoms with Crippen LogP contribution >= 0.6 is 0 Å². The van der Waals surface area contributed by atoms with Crippen LogP contribution in [0.3, 0.4) is 0 Å². The van der Waals surface area contributed by atoms with Crippen LogP contribution in [0.15, 0.2) is 30.3 Å². The Morgan fingerprint density at radius 2 is 2.15 bits per heavy atom. The molecular formula is C16H18N2O2. The van der Waals surface area contributed by atoms with E-state index in [1.807, 2.05) is 18.2 Å². The first kappa shape index (κ1) is 12.9. The summed E-state index contributed by atoms with van der Waals surface area (Å²) in [5, 5.41) is 13.2. The summed E-state index contributed by atoms with van der Waals surface area (Å²) >= 11 is 0. The van der Waals surface area contributed by atoms with Gasteiger partial charge >= 0.3 is 5.97 Å². The van der Waals surface area contributed by atoms with Crippen LogP contribution in [0, 0.1) is 5.41 Å². The highest BCUT2D eigenvalue weighted by molar-refractivity contribution is 6.02. The van der Waals surface area contributed by atoms with E-state index in [1.165, 1.54) is 19.3 Å². The van der Waals surface area contributed by atoms with Gasteiger partial charge in [0.15, 0.2) is 0 Å². The predicted octanol–water partition coefficient (Wildman–Crippen LogP) is 3.54. The second-order valence-corrected chi connectivity index (χ2v) is 5.58. The molecule has 0 unspecified atom stereocenters. The second-order valence-electron chi connectivity index (χ2n) is 5.58. The first-order chi connectivity index (χ1) is 9.63. The first-order valence-electron chi connectivity index (χ1n) is 7.00. The number of hydrogen-bond donors (Lipinski definition) is 2. The number of nitrogens with one attached hydrogen (secondary N) is 1. The molecule has 0 spiro atoms. The molecule has 0 atom stereocenters. The van der Waals surface area contributed by atoms with Crippen molar-refractivity contribution in [3.63, 3.8) is 0 Å². The SMILES string of the molecule is CCC1(CNc2ccc3c(C(=O)O)cccc3n2)CC1. The van der Waals surface area contributed by atoms with E-state index in [1.54, 1.807) is 12.1 Å². The summed E-state index contributed by atoms with van der Waals surface area (Å²) in [5.74, 6) is -0.0965. The van der Waals surface area contributed by atoms with E-state index in [-0.39, 0.29) is 0 Å². The minimum atomic E-state index is -0.916. The Hall–Kier alpha value is -2.10. The van der Waals surface area contributed by atoms with Gasteiger partial charge in [-0.3, -0.25) is 0 Å². The molecule has 0 bridgehead atoms. The number of pyridine rings is 1. The average molecular weight is 270 g/mol. The number of hydrogen-bond acceptors (Lipinski definition) is 3. The lowest BCUT2D eigenvalue weighted by atomic mass is 10.0. The monoisotopic (exact) mass is 270 g/mol. The summed E-state index contributed by atoms with van der Waals surface area (Å²) in [6.07, 6.45) is 3.76. The topological polar surface area (TPSA) is 62.2 Å². The minimum Gasteiger partial charge on any atom is -0.478 e.